The Morgan fingerprint density at radius 3 is 2.42 bits per heavy atom. The van der Waals surface area contributed by atoms with Gasteiger partial charge in [-0.25, -0.2) is 13.1 Å². The van der Waals surface area contributed by atoms with Crippen LogP contribution in [-0.2, 0) is 14.8 Å². The molecule has 1 aromatic carbocycles. The number of hydrogen-bond acceptors (Lipinski definition) is 6. The zero-order valence-electron chi connectivity index (χ0n) is 14.7. The minimum absolute atomic E-state index is 0.109. The topological polar surface area (TPSA) is 101 Å². The highest BCUT2D eigenvalue weighted by molar-refractivity contribution is 7.92. The highest BCUT2D eigenvalue weighted by Crippen LogP contribution is 2.23. The van der Waals surface area contributed by atoms with Gasteiger partial charge in [0, 0.05) is 29.4 Å². The van der Waals surface area contributed by atoms with Gasteiger partial charge in [0.25, 0.3) is 10.0 Å². The van der Waals surface area contributed by atoms with E-state index in [2.05, 4.69) is 15.2 Å². The normalized spacial score (nSPS) is 16.7. The summed E-state index contributed by atoms with van der Waals surface area (Å²) in [6.45, 7) is 3.47. The van der Waals surface area contributed by atoms with Crippen LogP contribution in [0.25, 0.3) is 0 Å². The third-order valence-corrected chi connectivity index (χ3v) is 5.77. The molecule has 138 valence electrons. The second kappa shape index (κ2) is 7.33. The molecule has 1 heterocycles. The number of carbonyl (C=O) groups excluding carboxylic acids is 1. The zero-order valence-corrected chi connectivity index (χ0v) is 15.5. The molecule has 1 saturated carbocycles. The van der Waals surface area contributed by atoms with E-state index in [9.17, 15) is 13.2 Å². The molecule has 0 radical (unpaired) electrons. The molecule has 1 fully saturated rings. The van der Waals surface area contributed by atoms with Crippen LogP contribution in [0.2, 0.25) is 0 Å². The molecule has 0 aliphatic heterocycles. The summed E-state index contributed by atoms with van der Waals surface area (Å²) in [4.78, 5) is 11.9. The van der Waals surface area contributed by atoms with Crippen LogP contribution in [-0.4, -0.2) is 19.4 Å². The summed E-state index contributed by atoms with van der Waals surface area (Å²) in [6, 6.07) is 6.28. The number of Topliss-reactive ketones (excluding diaryl/α,β-unsaturated/α-hetero) is 1. The first-order valence-corrected chi connectivity index (χ1v) is 9.89. The maximum atomic E-state index is 12.4. The number of nitrogens with zero attached hydrogens (tertiary/aromatic N) is 1. The van der Waals surface area contributed by atoms with Crippen molar-refractivity contribution < 1.29 is 17.7 Å². The van der Waals surface area contributed by atoms with Crippen molar-refractivity contribution in [3.8, 4) is 0 Å². The molecule has 1 aliphatic carbocycles. The monoisotopic (exact) mass is 375 g/mol. The molecule has 2 N–H and O–H groups in total. The fraction of sp³-hybridized carbons (Fsp3) is 0.333. The largest absolute Gasteiger partial charge is 0.361 e. The average molecular weight is 375 g/mol. The van der Waals surface area contributed by atoms with Gasteiger partial charge in [0.2, 0.25) is 5.88 Å². The van der Waals surface area contributed by atoms with Crippen molar-refractivity contribution in [2.75, 3.05) is 10.0 Å². The molecule has 0 unspecified atom stereocenters. The quantitative estimate of drug-likeness (QED) is 0.775. The van der Waals surface area contributed by atoms with E-state index >= 15 is 0 Å². The van der Waals surface area contributed by atoms with Crippen LogP contribution in [0.1, 0.15) is 36.9 Å². The third-order valence-electron chi connectivity index (χ3n) is 4.42. The van der Waals surface area contributed by atoms with Crippen molar-refractivity contribution in [1.82, 2.24) is 5.16 Å². The van der Waals surface area contributed by atoms with Gasteiger partial charge < -0.3 is 9.84 Å². The van der Waals surface area contributed by atoms with Crippen LogP contribution >= 0.6 is 0 Å². The number of carbonyl (C=O) groups is 1. The summed E-state index contributed by atoms with van der Waals surface area (Å²) in [6.07, 6.45) is 5.04. The summed E-state index contributed by atoms with van der Waals surface area (Å²) in [7, 11) is -3.76. The smallest absolute Gasteiger partial charge is 0.264 e. The van der Waals surface area contributed by atoms with Crippen molar-refractivity contribution in [3.05, 3.63) is 47.3 Å². The highest BCUT2D eigenvalue weighted by Gasteiger charge is 2.19. The van der Waals surface area contributed by atoms with Gasteiger partial charge in [0.15, 0.2) is 5.78 Å². The minimum atomic E-state index is -3.76. The van der Waals surface area contributed by atoms with E-state index in [1.165, 1.54) is 12.1 Å². The number of rotatable bonds is 5. The number of aromatic nitrogens is 1. The summed E-state index contributed by atoms with van der Waals surface area (Å²) in [5.41, 5.74) is 2.77. The molecule has 0 amide bonds. The van der Waals surface area contributed by atoms with E-state index in [0.717, 1.165) is 24.8 Å². The SMILES string of the molecule is Cc1noc(NS(=O)(=O)c2ccc(NC=C3CCCCC3=O)cc2)c1C. The Kier molecular flexibility index (Phi) is 5.13. The first-order valence-electron chi connectivity index (χ1n) is 8.41. The fourth-order valence-electron chi connectivity index (χ4n) is 2.65. The standard InChI is InChI=1S/C18H21N3O4S/c1-12-13(2)20-25-18(12)21-26(23,24)16-9-7-15(8-10-16)19-11-14-5-3-4-6-17(14)22/h7-11,19,21H,3-6H2,1-2H3. The lowest BCUT2D eigenvalue weighted by molar-refractivity contribution is -0.116. The van der Waals surface area contributed by atoms with Crippen LogP contribution in [0.15, 0.2) is 45.5 Å². The van der Waals surface area contributed by atoms with Crippen LogP contribution in [0.3, 0.4) is 0 Å². The summed E-state index contributed by atoms with van der Waals surface area (Å²) in [5.74, 6) is 0.287. The van der Waals surface area contributed by atoms with Gasteiger partial charge in [0.1, 0.15) is 0 Å². The maximum absolute atomic E-state index is 12.4. The number of aryl methyl sites for hydroxylation is 1. The number of sulfonamides is 1. The molecule has 0 spiro atoms. The molecule has 2 aromatic rings. The minimum Gasteiger partial charge on any atom is -0.361 e. The van der Waals surface area contributed by atoms with Crippen LogP contribution in [0.5, 0.6) is 0 Å². The van der Waals surface area contributed by atoms with Crippen LogP contribution < -0.4 is 10.0 Å². The highest BCUT2D eigenvalue weighted by atomic mass is 32.2. The number of allylic oxidation sites excluding steroid dienone is 1. The molecule has 1 aliphatic rings. The Labute approximate surface area is 152 Å². The molecular formula is C18H21N3O4S. The second-order valence-corrected chi connectivity index (χ2v) is 7.98. The number of anilines is 2. The van der Waals surface area contributed by atoms with Gasteiger partial charge in [-0.1, -0.05) is 5.16 Å². The van der Waals surface area contributed by atoms with Gasteiger partial charge in [-0.05, 0) is 57.4 Å². The molecule has 8 heteroatoms. The van der Waals surface area contributed by atoms with Gasteiger partial charge in [0.05, 0.1) is 10.6 Å². The van der Waals surface area contributed by atoms with E-state index in [0.29, 0.717) is 23.4 Å². The van der Waals surface area contributed by atoms with E-state index in [4.69, 9.17) is 4.52 Å². The Bertz CT molecular complexity index is 943. The molecular weight excluding hydrogens is 354 g/mol. The predicted molar refractivity (Wildman–Crippen MR) is 98.4 cm³/mol. The average Bonchev–Trinajstić information content (AvgIpc) is 2.93. The summed E-state index contributed by atoms with van der Waals surface area (Å²) in [5, 5.41) is 6.80. The molecule has 1 aromatic heterocycles. The number of nitrogens with one attached hydrogen (secondary N) is 2. The Hall–Kier alpha value is -2.61. The lowest BCUT2D eigenvalue weighted by atomic mass is 9.94. The lowest BCUT2D eigenvalue weighted by Crippen LogP contribution is -2.13. The zero-order chi connectivity index (χ0) is 18.7. The molecule has 26 heavy (non-hydrogen) atoms. The Morgan fingerprint density at radius 2 is 1.81 bits per heavy atom. The van der Waals surface area contributed by atoms with Crippen molar-refractivity contribution in [2.45, 2.75) is 44.4 Å². The van der Waals surface area contributed by atoms with Crippen molar-refractivity contribution in [3.63, 3.8) is 0 Å². The third kappa shape index (κ3) is 3.96. The van der Waals surface area contributed by atoms with Gasteiger partial charge in [-0.15, -0.1) is 0 Å². The molecule has 7 nitrogen and oxygen atoms in total. The molecule has 0 saturated heterocycles. The first kappa shape index (κ1) is 18.2. The molecule has 3 rings (SSSR count). The Balaban J connectivity index is 1.71. The number of benzene rings is 1. The fourth-order valence-corrected chi connectivity index (χ4v) is 3.69. The lowest BCUT2D eigenvalue weighted by Gasteiger charge is -2.13. The van der Waals surface area contributed by atoms with Crippen molar-refractivity contribution >= 4 is 27.4 Å². The van der Waals surface area contributed by atoms with E-state index in [1.54, 1.807) is 32.2 Å². The number of hydrogen-bond donors (Lipinski definition) is 2. The van der Waals surface area contributed by atoms with E-state index in [-0.39, 0.29) is 16.6 Å². The van der Waals surface area contributed by atoms with E-state index in [1.807, 2.05) is 0 Å². The van der Waals surface area contributed by atoms with E-state index < -0.39 is 10.0 Å². The van der Waals surface area contributed by atoms with Gasteiger partial charge in [-0.2, -0.15) is 0 Å². The summed E-state index contributed by atoms with van der Waals surface area (Å²) >= 11 is 0. The predicted octanol–water partition coefficient (Wildman–Crippen LogP) is 3.53. The van der Waals surface area contributed by atoms with Gasteiger partial charge in [-0.3, -0.25) is 4.79 Å². The summed E-state index contributed by atoms with van der Waals surface area (Å²) < 4.78 is 32.3. The van der Waals surface area contributed by atoms with Gasteiger partial charge >= 0.3 is 0 Å². The maximum Gasteiger partial charge on any atom is 0.264 e. The number of ketones is 1. The van der Waals surface area contributed by atoms with Crippen molar-refractivity contribution in [1.29, 1.82) is 0 Å². The molecule has 0 atom stereocenters. The van der Waals surface area contributed by atoms with Crippen LogP contribution in [0.4, 0.5) is 11.6 Å². The Morgan fingerprint density at radius 1 is 1.12 bits per heavy atom. The molecule has 0 bridgehead atoms. The first-order chi connectivity index (χ1) is 12.4. The second-order valence-electron chi connectivity index (χ2n) is 6.30. The van der Waals surface area contributed by atoms with Crippen LogP contribution in [0, 0.1) is 13.8 Å². The van der Waals surface area contributed by atoms with Crippen molar-refractivity contribution in [2.24, 2.45) is 0 Å².